The summed E-state index contributed by atoms with van der Waals surface area (Å²) in [6.07, 6.45) is 2.49. The predicted molar refractivity (Wildman–Crippen MR) is 129 cm³/mol. The van der Waals surface area contributed by atoms with Gasteiger partial charge < -0.3 is 15.1 Å². The molecular formula is C25H27N7O. The van der Waals surface area contributed by atoms with E-state index < -0.39 is 0 Å². The van der Waals surface area contributed by atoms with Crippen LogP contribution < -0.4 is 10.2 Å². The van der Waals surface area contributed by atoms with Crippen LogP contribution in [-0.4, -0.2) is 63.4 Å². The third kappa shape index (κ3) is 4.37. The lowest BCUT2D eigenvalue weighted by molar-refractivity contribution is 0.195. The van der Waals surface area contributed by atoms with E-state index >= 15 is 0 Å². The number of carbonyl (C=O) groups excluding carboxylic acids is 1. The van der Waals surface area contributed by atoms with E-state index in [1.165, 1.54) is 0 Å². The van der Waals surface area contributed by atoms with Crippen molar-refractivity contribution in [2.45, 2.75) is 13.3 Å². The molecule has 3 heterocycles. The summed E-state index contributed by atoms with van der Waals surface area (Å²) >= 11 is 0. The monoisotopic (exact) mass is 441 g/mol. The number of aromatic nitrogens is 4. The quantitative estimate of drug-likeness (QED) is 0.514. The molecule has 0 bridgehead atoms. The molecule has 0 unspecified atom stereocenters. The molecule has 4 aromatic rings. The molecule has 2 amide bonds. The van der Waals surface area contributed by atoms with E-state index in [1.807, 2.05) is 71.2 Å². The first-order chi connectivity index (χ1) is 16.2. The lowest BCUT2D eigenvalue weighted by Crippen LogP contribution is -2.52. The minimum atomic E-state index is -0.00773. The van der Waals surface area contributed by atoms with Gasteiger partial charge in [-0.2, -0.15) is 5.10 Å². The molecule has 0 aliphatic carbocycles. The van der Waals surface area contributed by atoms with Crippen molar-refractivity contribution in [2.24, 2.45) is 0 Å². The maximum atomic E-state index is 12.2. The first-order valence-corrected chi connectivity index (χ1v) is 11.3. The van der Waals surface area contributed by atoms with Crippen LogP contribution in [-0.2, 0) is 6.42 Å². The van der Waals surface area contributed by atoms with E-state index in [2.05, 4.69) is 27.4 Å². The van der Waals surface area contributed by atoms with Crippen molar-refractivity contribution >= 4 is 22.9 Å². The van der Waals surface area contributed by atoms with Gasteiger partial charge in [0.25, 0.3) is 0 Å². The molecule has 1 aliphatic rings. The number of benzene rings is 2. The number of nitrogens with one attached hydrogen (secondary N) is 1. The molecule has 1 aliphatic heterocycles. The molecule has 2 aromatic carbocycles. The van der Waals surface area contributed by atoms with Crippen molar-refractivity contribution in [3.05, 3.63) is 78.2 Å². The molecule has 8 heteroatoms. The lowest BCUT2D eigenvalue weighted by atomic mass is 10.1. The molecule has 168 valence electrons. The fourth-order valence-corrected chi connectivity index (χ4v) is 4.18. The third-order valence-corrected chi connectivity index (χ3v) is 5.85. The topological polar surface area (TPSA) is 79.2 Å². The van der Waals surface area contributed by atoms with Gasteiger partial charge in [0.2, 0.25) is 0 Å². The number of amides is 2. The number of carbonyl (C=O) groups is 1. The van der Waals surface area contributed by atoms with Gasteiger partial charge in [-0.05, 0) is 24.6 Å². The second-order valence-corrected chi connectivity index (χ2v) is 8.06. The minimum absolute atomic E-state index is 0.00773. The summed E-state index contributed by atoms with van der Waals surface area (Å²) < 4.78 is 1.87. The van der Waals surface area contributed by atoms with E-state index in [9.17, 15) is 4.79 Å². The fourth-order valence-electron chi connectivity index (χ4n) is 4.18. The Kier molecular flexibility index (Phi) is 5.89. The SMILES string of the molecule is CCNC(=O)N1CCN(c2nc(Cc3ccccc3)nc3c2cnn3-c2ccccc2)CC1. The summed E-state index contributed by atoms with van der Waals surface area (Å²) in [6.45, 7) is 5.29. The van der Waals surface area contributed by atoms with E-state index in [4.69, 9.17) is 9.97 Å². The molecule has 0 radical (unpaired) electrons. The number of piperazine rings is 1. The molecule has 1 fully saturated rings. The standard InChI is InChI=1S/C25H27N7O/c1-2-26-25(33)31-15-13-30(14-16-31)23-21-18-27-32(20-11-7-4-8-12-20)24(21)29-22(28-23)17-19-9-5-3-6-10-19/h3-12,18H,2,13-17H2,1H3,(H,26,33). The lowest BCUT2D eigenvalue weighted by Gasteiger charge is -2.35. The highest BCUT2D eigenvalue weighted by atomic mass is 16.2. The molecule has 0 atom stereocenters. The largest absolute Gasteiger partial charge is 0.352 e. The van der Waals surface area contributed by atoms with Crippen LogP contribution in [0.2, 0.25) is 0 Å². The maximum absolute atomic E-state index is 12.2. The van der Waals surface area contributed by atoms with E-state index in [-0.39, 0.29) is 6.03 Å². The summed E-state index contributed by atoms with van der Waals surface area (Å²) in [4.78, 5) is 26.2. The Balaban J connectivity index is 1.52. The maximum Gasteiger partial charge on any atom is 0.317 e. The smallest absolute Gasteiger partial charge is 0.317 e. The average Bonchev–Trinajstić information content (AvgIpc) is 3.29. The predicted octanol–water partition coefficient (Wildman–Crippen LogP) is 3.26. The van der Waals surface area contributed by atoms with Gasteiger partial charge in [0, 0.05) is 39.1 Å². The highest BCUT2D eigenvalue weighted by Crippen LogP contribution is 2.27. The number of urea groups is 1. The van der Waals surface area contributed by atoms with Gasteiger partial charge in [-0.3, -0.25) is 0 Å². The van der Waals surface area contributed by atoms with Crippen LogP contribution in [0.5, 0.6) is 0 Å². The van der Waals surface area contributed by atoms with Gasteiger partial charge in [-0.15, -0.1) is 0 Å². The zero-order valence-corrected chi connectivity index (χ0v) is 18.7. The molecule has 1 N–H and O–H groups in total. The van der Waals surface area contributed by atoms with Crippen molar-refractivity contribution in [1.29, 1.82) is 0 Å². The molecular weight excluding hydrogens is 414 g/mol. The second-order valence-electron chi connectivity index (χ2n) is 8.06. The van der Waals surface area contributed by atoms with Crippen LogP contribution in [0.3, 0.4) is 0 Å². The second kappa shape index (κ2) is 9.28. The fraction of sp³-hybridized carbons (Fsp3) is 0.280. The molecule has 0 spiro atoms. The minimum Gasteiger partial charge on any atom is -0.352 e. The van der Waals surface area contributed by atoms with Crippen molar-refractivity contribution < 1.29 is 4.79 Å². The number of hydrogen-bond acceptors (Lipinski definition) is 5. The summed E-state index contributed by atoms with van der Waals surface area (Å²) in [5.74, 6) is 1.64. The van der Waals surface area contributed by atoms with Gasteiger partial charge in [-0.1, -0.05) is 48.5 Å². The number of hydrogen-bond donors (Lipinski definition) is 1. The molecule has 2 aromatic heterocycles. The average molecular weight is 442 g/mol. The van der Waals surface area contributed by atoms with Gasteiger partial charge in [0.05, 0.1) is 17.3 Å². The molecule has 1 saturated heterocycles. The summed E-state index contributed by atoms with van der Waals surface area (Å²) in [5.41, 5.74) is 2.92. The highest BCUT2D eigenvalue weighted by Gasteiger charge is 2.25. The molecule has 5 rings (SSSR count). The van der Waals surface area contributed by atoms with Crippen LogP contribution in [0.4, 0.5) is 10.6 Å². The number of anilines is 1. The zero-order chi connectivity index (χ0) is 22.6. The Bertz CT molecular complexity index is 1230. The summed E-state index contributed by atoms with van der Waals surface area (Å²) in [6, 6.07) is 20.3. The van der Waals surface area contributed by atoms with Crippen LogP contribution in [0, 0.1) is 0 Å². The number of nitrogens with zero attached hydrogens (tertiary/aromatic N) is 6. The summed E-state index contributed by atoms with van der Waals surface area (Å²) in [5, 5.41) is 8.46. The van der Waals surface area contributed by atoms with Crippen molar-refractivity contribution in [1.82, 2.24) is 30.0 Å². The molecule has 0 saturated carbocycles. The highest BCUT2D eigenvalue weighted by molar-refractivity contribution is 5.88. The first-order valence-electron chi connectivity index (χ1n) is 11.3. The number of para-hydroxylation sites is 1. The van der Waals surface area contributed by atoms with E-state index in [1.54, 1.807) is 0 Å². The van der Waals surface area contributed by atoms with Gasteiger partial charge in [0.15, 0.2) is 5.65 Å². The summed E-state index contributed by atoms with van der Waals surface area (Å²) in [7, 11) is 0. The number of rotatable bonds is 5. The zero-order valence-electron chi connectivity index (χ0n) is 18.7. The normalized spacial score (nSPS) is 14.0. The Morgan fingerprint density at radius 3 is 2.33 bits per heavy atom. The third-order valence-electron chi connectivity index (χ3n) is 5.85. The molecule has 33 heavy (non-hydrogen) atoms. The van der Waals surface area contributed by atoms with Crippen LogP contribution in [0.1, 0.15) is 18.3 Å². The van der Waals surface area contributed by atoms with Crippen molar-refractivity contribution in [3.63, 3.8) is 0 Å². The van der Waals surface area contributed by atoms with E-state index in [0.29, 0.717) is 39.1 Å². The first kappa shape index (κ1) is 20.9. The van der Waals surface area contributed by atoms with Gasteiger partial charge in [0.1, 0.15) is 11.6 Å². The van der Waals surface area contributed by atoms with E-state index in [0.717, 1.165) is 33.9 Å². The Labute approximate surface area is 192 Å². The van der Waals surface area contributed by atoms with Gasteiger partial charge >= 0.3 is 6.03 Å². The Hall–Kier alpha value is -3.94. The van der Waals surface area contributed by atoms with Crippen LogP contribution in [0.15, 0.2) is 66.9 Å². The van der Waals surface area contributed by atoms with Crippen molar-refractivity contribution in [3.8, 4) is 5.69 Å². The van der Waals surface area contributed by atoms with Crippen LogP contribution >= 0.6 is 0 Å². The Morgan fingerprint density at radius 2 is 1.64 bits per heavy atom. The molecule has 8 nitrogen and oxygen atoms in total. The van der Waals surface area contributed by atoms with Crippen molar-refractivity contribution in [2.75, 3.05) is 37.6 Å². The van der Waals surface area contributed by atoms with Crippen LogP contribution in [0.25, 0.3) is 16.7 Å². The number of fused-ring (bicyclic) bond motifs is 1. The Morgan fingerprint density at radius 1 is 0.939 bits per heavy atom. The van der Waals surface area contributed by atoms with Gasteiger partial charge in [-0.25, -0.2) is 19.4 Å².